The minimum absolute atomic E-state index is 0.0232. The molecule has 2 rings (SSSR count). The molecule has 0 bridgehead atoms. The van der Waals surface area contributed by atoms with Gasteiger partial charge in [0.1, 0.15) is 17.7 Å². The van der Waals surface area contributed by atoms with Gasteiger partial charge in [-0.05, 0) is 18.9 Å². The van der Waals surface area contributed by atoms with Gasteiger partial charge in [-0.2, -0.15) is 0 Å². The van der Waals surface area contributed by atoms with E-state index < -0.39 is 0 Å². The summed E-state index contributed by atoms with van der Waals surface area (Å²) in [5.74, 6) is 0.381. The number of rotatable bonds is 6. The Bertz CT molecular complexity index is 408. The third-order valence-corrected chi connectivity index (χ3v) is 3.82. The summed E-state index contributed by atoms with van der Waals surface area (Å²) < 4.78 is 19.1. The van der Waals surface area contributed by atoms with Crippen molar-refractivity contribution in [3.05, 3.63) is 29.6 Å². The predicted molar refractivity (Wildman–Crippen MR) is 75.7 cm³/mol. The molecule has 1 aromatic rings. The number of unbranched alkanes of at least 4 members (excludes halogenated alkanes) is 4. The van der Waals surface area contributed by atoms with Gasteiger partial charge in [0, 0.05) is 24.1 Å². The molecular formula is C16H24FNO. The van der Waals surface area contributed by atoms with E-state index in [1.165, 1.54) is 44.2 Å². The minimum atomic E-state index is -0.255. The second kappa shape index (κ2) is 6.90. The van der Waals surface area contributed by atoms with Gasteiger partial charge in [0.15, 0.2) is 0 Å². The monoisotopic (exact) mass is 265 g/mol. The molecule has 0 saturated heterocycles. The number of halogens is 1. The maximum absolute atomic E-state index is 13.2. The van der Waals surface area contributed by atoms with Crippen LogP contribution in [-0.4, -0.2) is 6.10 Å². The summed E-state index contributed by atoms with van der Waals surface area (Å²) in [4.78, 5) is 0. The number of hydrogen-bond acceptors (Lipinski definition) is 2. The molecule has 2 N–H and O–H groups in total. The van der Waals surface area contributed by atoms with Gasteiger partial charge >= 0.3 is 0 Å². The third-order valence-electron chi connectivity index (χ3n) is 3.82. The molecule has 2 nitrogen and oxygen atoms in total. The molecule has 1 aliphatic rings. The molecule has 0 aliphatic carbocycles. The Morgan fingerprint density at radius 1 is 1.26 bits per heavy atom. The first kappa shape index (κ1) is 14.3. The van der Waals surface area contributed by atoms with Gasteiger partial charge < -0.3 is 10.5 Å². The maximum Gasteiger partial charge on any atom is 0.127 e. The van der Waals surface area contributed by atoms with Gasteiger partial charge in [0.2, 0.25) is 0 Å². The summed E-state index contributed by atoms with van der Waals surface area (Å²) >= 11 is 0. The summed E-state index contributed by atoms with van der Waals surface area (Å²) in [7, 11) is 0. The van der Waals surface area contributed by atoms with Gasteiger partial charge in [0.05, 0.1) is 0 Å². The number of benzene rings is 1. The van der Waals surface area contributed by atoms with Crippen molar-refractivity contribution in [2.75, 3.05) is 0 Å². The Morgan fingerprint density at radius 2 is 2.05 bits per heavy atom. The number of nitrogens with two attached hydrogens (primary N) is 1. The van der Waals surface area contributed by atoms with Crippen molar-refractivity contribution in [2.45, 2.75) is 64.0 Å². The van der Waals surface area contributed by atoms with Crippen molar-refractivity contribution in [1.29, 1.82) is 0 Å². The Kier molecular flexibility index (Phi) is 5.20. The van der Waals surface area contributed by atoms with E-state index in [1.54, 1.807) is 6.07 Å². The molecule has 1 unspecified atom stereocenters. The van der Waals surface area contributed by atoms with E-state index in [0.29, 0.717) is 5.75 Å². The second-order valence-electron chi connectivity index (χ2n) is 5.47. The van der Waals surface area contributed by atoms with Crippen LogP contribution in [0.4, 0.5) is 4.39 Å². The van der Waals surface area contributed by atoms with Crippen molar-refractivity contribution in [3.8, 4) is 5.75 Å². The molecule has 1 aromatic carbocycles. The molecular weight excluding hydrogens is 241 g/mol. The number of fused-ring (bicyclic) bond motifs is 1. The van der Waals surface area contributed by atoms with Gasteiger partial charge in [-0.25, -0.2) is 4.39 Å². The van der Waals surface area contributed by atoms with Gasteiger partial charge in [0.25, 0.3) is 0 Å². The highest BCUT2D eigenvalue weighted by Crippen LogP contribution is 2.35. The first-order valence-electron chi connectivity index (χ1n) is 7.42. The van der Waals surface area contributed by atoms with Crippen LogP contribution in [0.25, 0.3) is 0 Å². The molecule has 1 aliphatic heterocycles. The van der Waals surface area contributed by atoms with E-state index in [-0.39, 0.29) is 18.0 Å². The average Bonchev–Trinajstić information content (AvgIpc) is 2.38. The van der Waals surface area contributed by atoms with Crippen LogP contribution in [0.3, 0.4) is 0 Å². The lowest BCUT2D eigenvalue weighted by molar-refractivity contribution is 0.146. The van der Waals surface area contributed by atoms with E-state index in [4.69, 9.17) is 10.5 Å². The van der Waals surface area contributed by atoms with Crippen molar-refractivity contribution < 1.29 is 9.13 Å². The van der Waals surface area contributed by atoms with Crippen molar-refractivity contribution in [1.82, 2.24) is 0 Å². The van der Waals surface area contributed by atoms with Crippen LogP contribution >= 0.6 is 0 Å². The zero-order valence-corrected chi connectivity index (χ0v) is 11.7. The lowest BCUT2D eigenvalue weighted by Gasteiger charge is -2.30. The molecule has 0 amide bonds. The van der Waals surface area contributed by atoms with Crippen molar-refractivity contribution in [2.24, 2.45) is 5.73 Å². The van der Waals surface area contributed by atoms with Gasteiger partial charge in [-0.3, -0.25) is 0 Å². The molecule has 3 heteroatoms. The van der Waals surface area contributed by atoms with Crippen LogP contribution in [0.2, 0.25) is 0 Å². The predicted octanol–water partition coefficient (Wildman–Crippen LogP) is 4.34. The van der Waals surface area contributed by atoms with Crippen LogP contribution in [0.5, 0.6) is 5.75 Å². The fraction of sp³-hybridized carbons (Fsp3) is 0.625. The van der Waals surface area contributed by atoms with Crippen LogP contribution in [0, 0.1) is 5.82 Å². The highest BCUT2D eigenvalue weighted by Gasteiger charge is 2.25. The average molecular weight is 265 g/mol. The smallest absolute Gasteiger partial charge is 0.127 e. The second-order valence-corrected chi connectivity index (χ2v) is 5.47. The minimum Gasteiger partial charge on any atom is -0.490 e. The Hall–Kier alpha value is -1.09. The van der Waals surface area contributed by atoms with E-state index in [2.05, 4.69) is 6.92 Å². The first-order valence-corrected chi connectivity index (χ1v) is 7.42. The SMILES string of the molecule is CCCCCCCC1C[C@@H](N)c2ccc(F)cc2O1. The van der Waals surface area contributed by atoms with E-state index in [9.17, 15) is 4.39 Å². The summed E-state index contributed by atoms with van der Waals surface area (Å²) in [5, 5.41) is 0. The normalized spacial score (nSPS) is 21.8. The maximum atomic E-state index is 13.2. The van der Waals surface area contributed by atoms with E-state index in [0.717, 1.165) is 18.4 Å². The van der Waals surface area contributed by atoms with Crippen LogP contribution in [-0.2, 0) is 0 Å². The largest absolute Gasteiger partial charge is 0.490 e. The Balaban J connectivity index is 1.86. The van der Waals surface area contributed by atoms with Crippen molar-refractivity contribution >= 4 is 0 Å². The topological polar surface area (TPSA) is 35.2 Å². The lowest BCUT2D eigenvalue weighted by atomic mass is 9.94. The lowest BCUT2D eigenvalue weighted by Crippen LogP contribution is -2.29. The van der Waals surface area contributed by atoms with Gasteiger partial charge in [-0.15, -0.1) is 0 Å². The van der Waals surface area contributed by atoms with Crippen LogP contribution in [0.15, 0.2) is 18.2 Å². The standard InChI is InChI=1S/C16H24FNO/c1-2-3-4-5-6-7-13-11-15(18)14-9-8-12(17)10-16(14)19-13/h8-10,13,15H,2-7,11,18H2,1H3/t13?,15-/m1/s1. The Labute approximate surface area is 115 Å². The quantitative estimate of drug-likeness (QED) is 0.777. The highest BCUT2D eigenvalue weighted by atomic mass is 19.1. The molecule has 106 valence electrons. The third kappa shape index (κ3) is 3.93. The van der Waals surface area contributed by atoms with E-state index >= 15 is 0 Å². The number of ether oxygens (including phenoxy) is 1. The molecule has 0 spiro atoms. The molecule has 0 fully saturated rings. The molecule has 1 heterocycles. The summed E-state index contributed by atoms with van der Waals surface area (Å²) in [6, 6.07) is 4.63. The molecule has 0 aromatic heterocycles. The summed E-state index contributed by atoms with van der Waals surface area (Å²) in [6.45, 7) is 2.22. The Morgan fingerprint density at radius 3 is 2.84 bits per heavy atom. The van der Waals surface area contributed by atoms with Crippen LogP contribution in [0.1, 0.15) is 63.5 Å². The zero-order chi connectivity index (χ0) is 13.7. The molecule has 0 radical (unpaired) electrons. The van der Waals surface area contributed by atoms with E-state index in [1.807, 2.05) is 0 Å². The first-order chi connectivity index (χ1) is 9.20. The van der Waals surface area contributed by atoms with Crippen molar-refractivity contribution in [3.63, 3.8) is 0 Å². The molecule has 0 saturated carbocycles. The van der Waals surface area contributed by atoms with Crippen LogP contribution < -0.4 is 10.5 Å². The highest BCUT2D eigenvalue weighted by molar-refractivity contribution is 5.38. The van der Waals surface area contributed by atoms with Gasteiger partial charge in [-0.1, -0.05) is 38.7 Å². The fourth-order valence-corrected chi connectivity index (χ4v) is 2.71. The number of hydrogen-bond donors (Lipinski definition) is 1. The zero-order valence-electron chi connectivity index (χ0n) is 11.7. The molecule has 19 heavy (non-hydrogen) atoms. The summed E-state index contributed by atoms with van der Waals surface area (Å²) in [6.07, 6.45) is 8.28. The summed E-state index contributed by atoms with van der Waals surface area (Å²) in [5.41, 5.74) is 7.07. The molecule has 2 atom stereocenters. The fourth-order valence-electron chi connectivity index (χ4n) is 2.71.